The molecule has 1 aliphatic heterocycles. The van der Waals surface area contributed by atoms with Crippen LogP contribution in [0.3, 0.4) is 0 Å². The van der Waals surface area contributed by atoms with Gasteiger partial charge in [0.15, 0.2) is 17.5 Å². The Morgan fingerprint density at radius 3 is 2.17 bits per heavy atom. The molecule has 4 aliphatic rings. The van der Waals surface area contributed by atoms with Crippen molar-refractivity contribution in [1.29, 1.82) is 0 Å². The monoisotopic (exact) mass is 644 g/mol. The molecule has 0 spiro atoms. The molecule has 13 nitrogen and oxygen atoms in total. The Morgan fingerprint density at radius 1 is 0.978 bits per heavy atom. The Bertz CT molecular complexity index is 1480. The zero-order valence-electron chi connectivity index (χ0n) is 26.9. The lowest BCUT2D eigenvalue weighted by Crippen LogP contribution is -2.82. The van der Waals surface area contributed by atoms with Gasteiger partial charge in [0, 0.05) is 32.1 Å². The van der Waals surface area contributed by atoms with Crippen molar-refractivity contribution in [2.24, 2.45) is 16.7 Å². The van der Waals surface area contributed by atoms with Crippen LogP contribution in [0.25, 0.3) is 0 Å². The molecule has 2 N–H and O–H groups in total. The highest BCUT2D eigenvalue weighted by Gasteiger charge is 2.78. The molecule has 2 saturated carbocycles. The maximum atomic E-state index is 15.1. The Morgan fingerprint density at radius 2 is 1.63 bits per heavy atom. The molecule has 250 valence electrons. The van der Waals surface area contributed by atoms with Crippen molar-refractivity contribution in [3.8, 4) is 0 Å². The minimum Gasteiger partial charge on any atom is -0.458 e. The summed E-state index contributed by atoms with van der Waals surface area (Å²) in [5, 5.41) is 24.9. The topological polar surface area (TPSA) is 181 Å². The Balaban J connectivity index is 1.86. The maximum absolute atomic E-state index is 15.1. The van der Waals surface area contributed by atoms with Crippen molar-refractivity contribution in [3.63, 3.8) is 0 Å². The molecular weight excluding hydrogens is 604 g/mol. The number of benzene rings is 1. The van der Waals surface area contributed by atoms with E-state index in [1.54, 1.807) is 39.0 Å². The number of carbonyl (C=O) groups is 5. The van der Waals surface area contributed by atoms with Gasteiger partial charge < -0.3 is 38.6 Å². The molecule has 0 aromatic heterocycles. The summed E-state index contributed by atoms with van der Waals surface area (Å²) >= 11 is 0. The molecule has 3 aliphatic carbocycles. The van der Waals surface area contributed by atoms with Crippen LogP contribution in [0.15, 0.2) is 41.5 Å². The van der Waals surface area contributed by atoms with E-state index < -0.39 is 88.3 Å². The van der Waals surface area contributed by atoms with Crippen LogP contribution in [-0.4, -0.2) is 95.5 Å². The molecule has 13 heteroatoms. The third kappa shape index (κ3) is 4.82. The Labute approximate surface area is 266 Å². The van der Waals surface area contributed by atoms with E-state index >= 15 is 4.79 Å². The fraction of sp³-hybridized carbons (Fsp3) is 0.606. The standard InChI is InChI=1S/C33H40O13/c1-16-20(43-17(2)34)14-33(40)27(45-28(38)19-11-9-8-10-12-19)25-31(6,21(36)13-22-32(25,15-42-22)46-18(3)35)26(37)24(44-29(39)41-7)23(16)30(33,4)5/h8-12,20-22,24-25,27,36,40H,13-15H2,1-7H3/t20-,21-,22+,24+,25-,27-,31+,32-,33+/m0/s1. The van der Waals surface area contributed by atoms with Gasteiger partial charge in [-0.05, 0) is 37.1 Å². The maximum Gasteiger partial charge on any atom is 0.509 e. The van der Waals surface area contributed by atoms with E-state index in [1.165, 1.54) is 32.9 Å². The van der Waals surface area contributed by atoms with Crippen LogP contribution in [0.5, 0.6) is 0 Å². The van der Waals surface area contributed by atoms with E-state index in [4.69, 9.17) is 28.4 Å². The molecule has 46 heavy (non-hydrogen) atoms. The van der Waals surface area contributed by atoms with Crippen LogP contribution in [-0.2, 0) is 42.8 Å². The molecule has 0 amide bonds. The van der Waals surface area contributed by atoms with Gasteiger partial charge in [0.1, 0.15) is 23.9 Å². The number of fused-ring (bicyclic) bond motifs is 5. The summed E-state index contributed by atoms with van der Waals surface area (Å²) in [6, 6.07) is 7.97. The second-order valence-electron chi connectivity index (χ2n) is 13.3. The number of esters is 3. The average molecular weight is 645 g/mol. The number of aliphatic hydroxyl groups excluding tert-OH is 1. The van der Waals surface area contributed by atoms with E-state index in [9.17, 15) is 29.4 Å². The summed E-state index contributed by atoms with van der Waals surface area (Å²) in [4.78, 5) is 66.6. The van der Waals surface area contributed by atoms with Gasteiger partial charge in [0.05, 0.1) is 36.7 Å². The largest absolute Gasteiger partial charge is 0.509 e. The first-order chi connectivity index (χ1) is 21.5. The SMILES string of the molecule is COC(=O)O[C@H]1C(=O)[C@@]2(C)[C@H]([C@H](OC(=O)c3ccccc3)[C@]3(O)C[C@H](OC(C)=O)C(C)=C1C3(C)C)[C@]1(OC(C)=O)CO[C@@H]1C[C@@H]2O. The lowest BCUT2D eigenvalue weighted by atomic mass is 9.44. The normalized spacial score (nSPS) is 37.6. The molecule has 3 fully saturated rings. The van der Waals surface area contributed by atoms with Crippen LogP contribution in [0.4, 0.5) is 4.79 Å². The number of hydrogen-bond acceptors (Lipinski definition) is 13. The molecule has 1 aromatic carbocycles. The molecule has 1 aromatic rings. The predicted octanol–water partition coefficient (Wildman–Crippen LogP) is 2.44. The summed E-state index contributed by atoms with van der Waals surface area (Å²) in [6.45, 7) is 8.29. The van der Waals surface area contributed by atoms with Crippen LogP contribution >= 0.6 is 0 Å². The third-order valence-corrected chi connectivity index (χ3v) is 10.6. The summed E-state index contributed by atoms with van der Waals surface area (Å²) < 4.78 is 34.1. The molecule has 0 radical (unpaired) electrons. The smallest absolute Gasteiger partial charge is 0.458 e. The Kier molecular flexibility index (Phi) is 8.36. The number of ketones is 1. The van der Waals surface area contributed by atoms with E-state index in [-0.39, 0.29) is 30.6 Å². The summed E-state index contributed by atoms with van der Waals surface area (Å²) in [7, 11) is 1.06. The highest BCUT2D eigenvalue weighted by atomic mass is 16.7. The minimum absolute atomic E-state index is 0.0871. The Hall–Kier alpha value is -3.81. The van der Waals surface area contributed by atoms with Crippen LogP contribution < -0.4 is 0 Å². The van der Waals surface area contributed by atoms with Crippen LogP contribution in [0.2, 0.25) is 0 Å². The first kappa shape index (κ1) is 33.6. The van der Waals surface area contributed by atoms with Crippen molar-refractivity contribution in [1.82, 2.24) is 0 Å². The lowest BCUT2D eigenvalue weighted by Gasteiger charge is -2.67. The zero-order valence-corrected chi connectivity index (χ0v) is 26.9. The predicted molar refractivity (Wildman–Crippen MR) is 156 cm³/mol. The fourth-order valence-corrected chi connectivity index (χ4v) is 8.20. The number of carbonyl (C=O) groups excluding carboxylic acids is 5. The van der Waals surface area contributed by atoms with Gasteiger partial charge in [0.2, 0.25) is 0 Å². The number of hydrogen-bond donors (Lipinski definition) is 2. The van der Waals surface area contributed by atoms with Crippen LogP contribution in [0.1, 0.15) is 64.7 Å². The molecular formula is C33H40O13. The van der Waals surface area contributed by atoms with Gasteiger partial charge in [-0.15, -0.1) is 0 Å². The van der Waals surface area contributed by atoms with Gasteiger partial charge in [-0.2, -0.15) is 0 Å². The average Bonchev–Trinajstić information content (AvgIpc) is 2.98. The number of aliphatic hydroxyl groups is 2. The number of rotatable bonds is 5. The quantitative estimate of drug-likeness (QED) is 0.271. The van der Waals surface area contributed by atoms with Crippen LogP contribution in [0, 0.1) is 16.7 Å². The van der Waals surface area contributed by atoms with Crippen molar-refractivity contribution in [3.05, 3.63) is 47.0 Å². The van der Waals surface area contributed by atoms with E-state index in [2.05, 4.69) is 0 Å². The van der Waals surface area contributed by atoms with Crippen molar-refractivity contribution in [2.75, 3.05) is 13.7 Å². The first-order valence-electron chi connectivity index (χ1n) is 15.1. The second-order valence-corrected chi connectivity index (χ2v) is 13.3. The fourth-order valence-electron chi connectivity index (χ4n) is 8.20. The number of methoxy groups -OCH3 is 1. The molecule has 1 heterocycles. The van der Waals surface area contributed by atoms with Gasteiger partial charge in [-0.1, -0.05) is 32.0 Å². The molecule has 0 unspecified atom stereocenters. The van der Waals surface area contributed by atoms with Gasteiger partial charge in [0.25, 0.3) is 0 Å². The molecule has 9 atom stereocenters. The molecule has 1 saturated heterocycles. The van der Waals surface area contributed by atoms with Crippen molar-refractivity contribution in [2.45, 2.75) is 96.1 Å². The summed E-state index contributed by atoms with van der Waals surface area (Å²) in [5.74, 6) is -4.56. The van der Waals surface area contributed by atoms with Crippen molar-refractivity contribution >= 4 is 29.8 Å². The third-order valence-electron chi connectivity index (χ3n) is 10.6. The first-order valence-corrected chi connectivity index (χ1v) is 15.1. The lowest BCUT2D eigenvalue weighted by molar-refractivity contribution is -0.345. The summed E-state index contributed by atoms with van der Waals surface area (Å²) in [5.41, 5.74) is -6.82. The van der Waals surface area contributed by atoms with Gasteiger partial charge in [-0.25, -0.2) is 9.59 Å². The van der Waals surface area contributed by atoms with Crippen molar-refractivity contribution < 1.29 is 62.6 Å². The van der Waals surface area contributed by atoms with Gasteiger partial charge in [-0.3, -0.25) is 14.4 Å². The zero-order chi connectivity index (χ0) is 34.0. The minimum atomic E-state index is -2.19. The second kappa shape index (κ2) is 11.5. The van der Waals surface area contributed by atoms with E-state index in [1.807, 2.05) is 0 Å². The molecule has 2 bridgehead atoms. The highest BCUT2D eigenvalue weighted by Crippen LogP contribution is 2.64. The highest BCUT2D eigenvalue weighted by molar-refractivity contribution is 5.95. The number of Topliss-reactive ketones (excluding diaryl/α,β-unsaturated/α-hetero) is 1. The van der Waals surface area contributed by atoms with Gasteiger partial charge >= 0.3 is 24.1 Å². The summed E-state index contributed by atoms with van der Waals surface area (Å²) in [6.07, 6.45) is -8.74. The van der Waals surface area contributed by atoms with E-state index in [0.717, 1.165) is 7.11 Å². The number of ether oxygens (including phenoxy) is 6. The molecule has 5 rings (SSSR count). The van der Waals surface area contributed by atoms with E-state index in [0.29, 0.717) is 5.57 Å².